The van der Waals surface area contributed by atoms with Crippen LogP contribution in [-0.2, 0) is 0 Å². The number of hydrogen-bond acceptors (Lipinski definition) is 2. The van der Waals surface area contributed by atoms with Gasteiger partial charge in [-0.2, -0.15) is 0 Å². The molecule has 1 aromatic carbocycles. The lowest BCUT2D eigenvalue weighted by atomic mass is 10.2. The standard InChI is InChI=1S/C14H20N2S2/c1-9(2)13(17)15-11-5-7-12(8-6-11)16-14(18)10(3)4/h5-10H,1-4H3,(H,15,17)(H,16,18). The van der Waals surface area contributed by atoms with Crippen LogP contribution in [0, 0.1) is 11.8 Å². The average molecular weight is 280 g/mol. The maximum atomic E-state index is 5.25. The fraction of sp³-hybridized carbons (Fsp3) is 0.429. The normalized spacial score (nSPS) is 10.6. The summed E-state index contributed by atoms with van der Waals surface area (Å²) in [6.07, 6.45) is 0. The van der Waals surface area contributed by atoms with E-state index in [1.165, 1.54) is 0 Å². The molecule has 0 aromatic heterocycles. The van der Waals surface area contributed by atoms with Crippen LogP contribution < -0.4 is 10.6 Å². The van der Waals surface area contributed by atoms with Crippen molar-refractivity contribution in [3.63, 3.8) is 0 Å². The van der Waals surface area contributed by atoms with Gasteiger partial charge in [0.05, 0.1) is 9.98 Å². The van der Waals surface area contributed by atoms with Crippen LogP contribution in [0.5, 0.6) is 0 Å². The van der Waals surface area contributed by atoms with Crippen molar-refractivity contribution in [3.8, 4) is 0 Å². The van der Waals surface area contributed by atoms with Crippen molar-refractivity contribution < 1.29 is 0 Å². The smallest absolute Gasteiger partial charge is 0.0823 e. The first-order chi connectivity index (χ1) is 8.40. The zero-order valence-electron chi connectivity index (χ0n) is 11.3. The molecule has 0 spiro atoms. The number of rotatable bonds is 4. The largest absolute Gasteiger partial charge is 0.350 e. The molecule has 98 valence electrons. The topological polar surface area (TPSA) is 24.1 Å². The Labute approximate surface area is 120 Å². The predicted molar refractivity (Wildman–Crippen MR) is 88.6 cm³/mol. The monoisotopic (exact) mass is 280 g/mol. The molecule has 0 aliphatic rings. The maximum Gasteiger partial charge on any atom is 0.0823 e. The average Bonchev–Trinajstić information content (AvgIpc) is 2.31. The summed E-state index contributed by atoms with van der Waals surface area (Å²) in [5, 5.41) is 6.43. The third-order valence-corrected chi connectivity index (χ3v) is 3.62. The van der Waals surface area contributed by atoms with Gasteiger partial charge in [-0.25, -0.2) is 0 Å². The molecular weight excluding hydrogens is 260 g/mol. The molecule has 4 heteroatoms. The van der Waals surface area contributed by atoms with E-state index in [2.05, 4.69) is 38.3 Å². The summed E-state index contributed by atoms with van der Waals surface area (Å²) in [6.45, 7) is 8.30. The van der Waals surface area contributed by atoms with Crippen LogP contribution in [0.4, 0.5) is 11.4 Å². The molecule has 2 nitrogen and oxygen atoms in total. The summed E-state index contributed by atoms with van der Waals surface area (Å²) in [5.74, 6) is 0.706. The molecule has 0 bridgehead atoms. The van der Waals surface area contributed by atoms with E-state index in [4.69, 9.17) is 24.4 Å². The van der Waals surface area contributed by atoms with Gasteiger partial charge in [-0.3, -0.25) is 0 Å². The molecule has 0 unspecified atom stereocenters. The highest BCUT2D eigenvalue weighted by Gasteiger charge is 2.04. The molecule has 1 aromatic rings. The SMILES string of the molecule is CC(C)C(=S)Nc1ccc(NC(=S)C(C)C)cc1. The van der Waals surface area contributed by atoms with Gasteiger partial charge in [0.15, 0.2) is 0 Å². The van der Waals surface area contributed by atoms with Gasteiger partial charge in [-0.1, -0.05) is 52.1 Å². The van der Waals surface area contributed by atoms with Crippen LogP contribution in [-0.4, -0.2) is 9.98 Å². The quantitative estimate of drug-likeness (QED) is 0.794. The summed E-state index contributed by atoms with van der Waals surface area (Å²) >= 11 is 10.5. The number of nitrogens with one attached hydrogen (secondary N) is 2. The summed E-state index contributed by atoms with van der Waals surface area (Å²) in [4.78, 5) is 1.71. The fourth-order valence-electron chi connectivity index (χ4n) is 1.21. The van der Waals surface area contributed by atoms with Crippen LogP contribution in [0.1, 0.15) is 27.7 Å². The summed E-state index contributed by atoms with van der Waals surface area (Å²) < 4.78 is 0. The van der Waals surface area contributed by atoms with Gasteiger partial charge in [0.1, 0.15) is 0 Å². The van der Waals surface area contributed by atoms with E-state index in [0.717, 1.165) is 21.4 Å². The molecule has 0 heterocycles. The van der Waals surface area contributed by atoms with E-state index in [9.17, 15) is 0 Å². The maximum absolute atomic E-state index is 5.25. The molecule has 0 amide bonds. The van der Waals surface area contributed by atoms with Gasteiger partial charge in [0, 0.05) is 23.2 Å². The molecular formula is C14H20N2S2. The molecule has 0 aliphatic carbocycles. The zero-order chi connectivity index (χ0) is 13.7. The molecule has 0 aliphatic heterocycles. The van der Waals surface area contributed by atoms with Gasteiger partial charge in [-0.05, 0) is 24.3 Å². The van der Waals surface area contributed by atoms with Gasteiger partial charge >= 0.3 is 0 Å². The summed E-state index contributed by atoms with van der Waals surface area (Å²) in [5.41, 5.74) is 2.02. The number of thiocarbonyl (C=S) groups is 2. The molecule has 1 rings (SSSR count). The molecule has 0 radical (unpaired) electrons. The Morgan fingerprint density at radius 2 is 1.06 bits per heavy atom. The van der Waals surface area contributed by atoms with Crippen LogP contribution >= 0.6 is 24.4 Å². The Balaban J connectivity index is 2.63. The van der Waals surface area contributed by atoms with E-state index in [1.54, 1.807) is 0 Å². The first-order valence-electron chi connectivity index (χ1n) is 6.12. The highest BCUT2D eigenvalue weighted by atomic mass is 32.1. The number of hydrogen-bond donors (Lipinski definition) is 2. The highest BCUT2D eigenvalue weighted by Crippen LogP contribution is 2.16. The van der Waals surface area contributed by atoms with Crippen molar-refractivity contribution in [2.24, 2.45) is 11.8 Å². The first kappa shape index (κ1) is 15.1. The third-order valence-electron chi connectivity index (χ3n) is 2.47. The van der Waals surface area contributed by atoms with Gasteiger partial charge in [0.25, 0.3) is 0 Å². The summed E-state index contributed by atoms with van der Waals surface area (Å²) in [7, 11) is 0. The lowest BCUT2D eigenvalue weighted by Crippen LogP contribution is -2.16. The second-order valence-corrected chi connectivity index (χ2v) is 5.74. The van der Waals surface area contributed by atoms with Crippen molar-refractivity contribution in [2.75, 3.05) is 10.6 Å². The van der Waals surface area contributed by atoms with Crippen molar-refractivity contribution in [3.05, 3.63) is 24.3 Å². The Morgan fingerprint density at radius 3 is 1.28 bits per heavy atom. The van der Waals surface area contributed by atoms with Crippen LogP contribution in [0.3, 0.4) is 0 Å². The lowest BCUT2D eigenvalue weighted by Gasteiger charge is -2.13. The summed E-state index contributed by atoms with van der Waals surface area (Å²) in [6, 6.07) is 8.00. The van der Waals surface area contributed by atoms with E-state index in [-0.39, 0.29) is 0 Å². The molecule has 2 N–H and O–H groups in total. The minimum atomic E-state index is 0.353. The number of benzene rings is 1. The van der Waals surface area contributed by atoms with E-state index in [1.807, 2.05) is 24.3 Å². The van der Waals surface area contributed by atoms with Crippen molar-refractivity contribution in [2.45, 2.75) is 27.7 Å². The Kier molecular flexibility index (Phi) is 5.69. The predicted octanol–water partition coefficient (Wildman–Crippen LogP) is 4.48. The van der Waals surface area contributed by atoms with E-state index >= 15 is 0 Å². The zero-order valence-corrected chi connectivity index (χ0v) is 12.9. The van der Waals surface area contributed by atoms with E-state index < -0.39 is 0 Å². The Hall–Kier alpha value is -1.00. The molecule has 0 saturated heterocycles. The number of anilines is 2. The molecule has 0 saturated carbocycles. The van der Waals surface area contributed by atoms with Gasteiger partial charge in [0.2, 0.25) is 0 Å². The minimum absolute atomic E-state index is 0.353. The second-order valence-electron chi connectivity index (χ2n) is 4.87. The van der Waals surface area contributed by atoms with Crippen LogP contribution in [0.25, 0.3) is 0 Å². The van der Waals surface area contributed by atoms with Gasteiger partial charge < -0.3 is 10.6 Å². The third kappa shape index (κ3) is 4.70. The van der Waals surface area contributed by atoms with Crippen LogP contribution in [0.15, 0.2) is 24.3 Å². The molecule has 18 heavy (non-hydrogen) atoms. The van der Waals surface area contributed by atoms with Crippen molar-refractivity contribution in [1.29, 1.82) is 0 Å². The molecule has 0 atom stereocenters. The Morgan fingerprint density at radius 1 is 0.778 bits per heavy atom. The Bertz CT molecular complexity index is 381. The van der Waals surface area contributed by atoms with Crippen molar-refractivity contribution in [1.82, 2.24) is 0 Å². The van der Waals surface area contributed by atoms with Crippen molar-refractivity contribution >= 4 is 45.8 Å². The van der Waals surface area contributed by atoms with E-state index in [0.29, 0.717) is 11.8 Å². The molecule has 0 fully saturated rings. The second kappa shape index (κ2) is 6.81. The van der Waals surface area contributed by atoms with Gasteiger partial charge in [-0.15, -0.1) is 0 Å². The minimum Gasteiger partial charge on any atom is -0.350 e. The van der Waals surface area contributed by atoms with Crippen LogP contribution in [0.2, 0.25) is 0 Å². The first-order valence-corrected chi connectivity index (χ1v) is 6.93. The highest BCUT2D eigenvalue weighted by molar-refractivity contribution is 7.80. The lowest BCUT2D eigenvalue weighted by molar-refractivity contribution is 0.898. The fourth-order valence-corrected chi connectivity index (χ4v) is 1.45.